The van der Waals surface area contributed by atoms with Gasteiger partial charge >= 0.3 is 0 Å². The number of rotatable bonds is 6. The third-order valence-corrected chi connectivity index (χ3v) is 10.3. The number of ether oxygens (including phenoxy) is 6. The zero-order chi connectivity index (χ0) is 29.2. The van der Waals surface area contributed by atoms with Crippen LogP contribution in [-0.2, 0) is 28.4 Å². The van der Waals surface area contributed by atoms with Crippen LogP contribution < -0.4 is 0 Å². The average molecular weight is 567 g/mol. The minimum absolute atomic E-state index is 0.0900. The number of hydrogen-bond donors (Lipinski definition) is 3. The molecule has 5 aliphatic rings. The van der Waals surface area contributed by atoms with E-state index < -0.39 is 54.3 Å². The van der Waals surface area contributed by atoms with Gasteiger partial charge in [0.2, 0.25) is 0 Å². The van der Waals surface area contributed by atoms with E-state index in [1.807, 2.05) is 0 Å². The summed E-state index contributed by atoms with van der Waals surface area (Å²) in [7, 11) is 3.46. The largest absolute Gasteiger partial charge is 0.390 e. The van der Waals surface area contributed by atoms with E-state index in [1.54, 1.807) is 28.1 Å². The molecule has 0 radical (unpaired) electrons. The minimum Gasteiger partial charge on any atom is -0.390 e. The van der Waals surface area contributed by atoms with Gasteiger partial charge in [-0.2, -0.15) is 0 Å². The summed E-state index contributed by atoms with van der Waals surface area (Å²) in [5.41, 5.74) is 2.61. The second kappa shape index (κ2) is 11.0. The molecule has 0 unspecified atom stereocenters. The van der Waals surface area contributed by atoms with E-state index >= 15 is 0 Å². The normalized spacial score (nSPS) is 48.2. The van der Waals surface area contributed by atoms with Crippen molar-refractivity contribution >= 4 is 0 Å². The van der Waals surface area contributed by atoms with Gasteiger partial charge in [0, 0.05) is 19.6 Å². The predicted molar refractivity (Wildman–Crippen MR) is 147 cm³/mol. The fourth-order valence-corrected chi connectivity index (χ4v) is 8.03. The first kappa shape index (κ1) is 30.6. The first-order chi connectivity index (χ1) is 18.8. The van der Waals surface area contributed by atoms with Gasteiger partial charge in [-0.15, -0.1) is 0 Å². The molecular formula is C31H50O9. The van der Waals surface area contributed by atoms with E-state index in [0.717, 1.165) is 31.3 Å². The number of fused-ring (bicyclic) bond motifs is 3. The average Bonchev–Trinajstić information content (AvgIpc) is 3.42. The maximum Gasteiger partial charge on any atom is 0.187 e. The van der Waals surface area contributed by atoms with Crippen molar-refractivity contribution < 1.29 is 43.7 Å². The van der Waals surface area contributed by atoms with Crippen LogP contribution in [0.25, 0.3) is 0 Å². The molecule has 3 N–H and O–H groups in total. The SMILES string of the molecule is COC[C@@]1(OC)CC[C@@H]2/C1=C\[C@@]1(C)CCC(C(C)C)=C1[C@@H](O[C@H]1O[C@@H]3COC(C)(C)O[C@H]3[C@H](O)[C@H]1O)[C@H](O)[C@@H]2C. The van der Waals surface area contributed by atoms with Crippen LogP contribution in [0.1, 0.15) is 67.2 Å². The second-order valence-corrected chi connectivity index (χ2v) is 13.6. The molecule has 0 aromatic heterocycles. The number of methoxy groups -OCH3 is 2. The topological polar surface area (TPSA) is 116 Å². The van der Waals surface area contributed by atoms with Gasteiger partial charge in [0.1, 0.15) is 36.1 Å². The number of aliphatic hydroxyl groups is 3. The number of hydrogen-bond acceptors (Lipinski definition) is 9. The lowest BCUT2D eigenvalue weighted by Gasteiger charge is -2.50. The highest BCUT2D eigenvalue weighted by Crippen LogP contribution is 2.57. The van der Waals surface area contributed by atoms with Crippen LogP contribution in [0.3, 0.4) is 0 Å². The molecule has 9 heteroatoms. The molecule has 9 nitrogen and oxygen atoms in total. The van der Waals surface area contributed by atoms with Crippen molar-refractivity contribution in [2.45, 2.75) is 122 Å². The van der Waals surface area contributed by atoms with E-state index in [-0.39, 0.29) is 29.8 Å². The summed E-state index contributed by atoms with van der Waals surface area (Å²) in [4.78, 5) is 0. The van der Waals surface area contributed by atoms with Crippen LogP contribution in [0.15, 0.2) is 22.8 Å². The van der Waals surface area contributed by atoms with E-state index in [4.69, 9.17) is 28.4 Å². The van der Waals surface area contributed by atoms with Crippen molar-refractivity contribution in [2.24, 2.45) is 23.2 Å². The third kappa shape index (κ3) is 5.03. The lowest BCUT2D eigenvalue weighted by Crippen LogP contribution is -2.65. The Kier molecular flexibility index (Phi) is 8.40. The molecule has 40 heavy (non-hydrogen) atoms. The molecule has 3 fully saturated rings. The van der Waals surface area contributed by atoms with Gasteiger partial charge in [0.05, 0.1) is 19.3 Å². The number of allylic oxidation sites excluding steroid dienone is 2. The molecule has 11 atom stereocenters. The molecule has 0 spiro atoms. The van der Waals surface area contributed by atoms with Crippen LogP contribution in [0, 0.1) is 23.2 Å². The first-order valence-corrected chi connectivity index (χ1v) is 14.9. The van der Waals surface area contributed by atoms with Gasteiger partial charge in [0.25, 0.3) is 0 Å². The van der Waals surface area contributed by atoms with Gasteiger partial charge in [-0.1, -0.05) is 39.3 Å². The molecule has 0 aromatic carbocycles. The molecule has 5 rings (SSSR count). The van der Waals surface area contributed by atoms with Gasteiger partial charge in [0.15, 0.2) is 12.1 Å². The van der Waals surface area contributed by atoms with Crippen molar-refractivity contribution in [3.8, 4) is 0 Å². The molecule has 3 aliphatic carbocycles. The van der Waals surface area contributed by atoms with Crippen LogP contribution in [0.5, 0.6) is 0 Å². The highest BCUT2D eigenvalue weighted by molar-refractivity contribution is 5.43. The summed E-state index contributed by atoms with van der Waals surface area (Å²) in [6, 6.07) is 0. The summed E-state index contributed by atoms with van der Waals surface area (Å²) < 4.78 is 36.3. The quantitative estimate of drug-likeness (QED) is 0.417. The molecule has 228 valence electrons. The van der Waals surface area contributed by atoms with E-state index in [1.165, 1.54) is 11.1 Å². The standard InChI is InChI=1S/C31H50O9/c1-16(2)18-9-11-30(6)13-20-19(10-12-31(20,36-8)15-35-7)17(3)23(32)27(22(18)30)39-28-25(34)24(33)26-21(38-28)14-37-29(4,5)40-26/h13,16-17,19,21,23-28,32-34H,9-12,14-15H2,1-8H3/b20-13+/t17-,19+,21-,23-,24-,25-,26-,27-,28-,30-,31+/m1/s1. The zero-order valence-corrected chi connectivity index (χ0v) is 25.4. The molecule has 0 aromatic rings. The van der Waals surface area contributed by atoms with Gasteiger partial charge in [-0.05, 0) is 68.4 Å². The van der Waals surface area contributed by atoms with Crippen molar-refractivity contribution in [3.63, 3.8) is 0 Å². The van der Waals surface area contributed by atoms with Gasteiger partial charge in [-0.3, -0.25) is 0 Å². The maximum atomic E-state index is 12.1. The molecule has 2 heterocycles. The van der Waals surface area contributed by atoms with Crippen molar-refractivity contribution in [1.82, 2.24) is 0 Å². The Morgan fingerprint density at radius 1 is 1.05 bits per heavy atom. The first-order valence-electron chi connectivity index (χ1n) is 14.9. The highest BCUT2D eigenvalue weighted by atomic mass is 16.8. The number of aliphatic hydroxyl groups excluding tert-OH is 3. The summed E-state index contributed by atoms with van der Waals surface area (Å²) >= 11 is 0. The lowest BCUT2D eigenvalue weighted by molar-refractivity contribution is -0.387. The fraction of sp³-hybridized carbons (Fsp3) is 0.871. The third-order valence-electron chi connectivity index (χ3n) is 10.3. The highest BCUT2D eigenvalue weighted by Gasteiger charge is 2.56. The van der Waals surface area contributed by atoms with E-state index in [2.05, 4.69) is 33.8 Å². The fourth-order valence-electron chi connectivity index (χ4n) is 8.03. The van der Waals surface area contributed by atoms with Crippen molar-refractivity contribution in [2.75, 3.05) is 27.4 Å². The van der Waals surface area contributed by atoms with E-state index in [0.29, 0.717) is 6.61 Å². The molecule has 0 amide bonds. The Bertz CT molecular complexity index is 1000. The monoisotopic (exact) mass is 566 g/mol. The van der Waals surface area contributed by atoms with Crippen molar-refractivity contribution in [1.29, 1.82) is 0 Å². The summed E-state index contributed by atoms with van der Waals surface area (Å²) in [5.74, 6) is -0.703. The van der Waals surface area contributed by atoms with Gasteiger partial charge in [-0.25, -0.2) is 0 Å². The Morgan fingerprint density at radius 2 is 1.77 bits per heavy atom. The Morgan fingerprint density at radius 3 is 2.42 bits per heavy atom. The lowest BCUT2D eigenvalue weighted by atomic mass is 9.68. The second-order valence-electron chi connectivity index (χ2n) is 13.6. The maximum absolute atomic E-state index is 12.1. The van der Waals surface area contributed by atoms with Crippen LogP contribution in [-0.4, -0.2) is 97.1 Å². The Labute approximate surface area is 238 Å². The zero-order valence-electron chi connectivity index (χ0n) is 25.4. The summed E-state index contributed by atoms with van der Waals surface area (Å²) in [6.45, 7) is 12.9. The van der Waals surface area contributed by atoms with Crippen LogP contribution in [0.4, 0.5) is 0 Å². The van der Waals surface area contributed by atoms with Gasteiger partial charge < -0.3 is 43.7 Å². The molecular weight excluding hydrogens is 516 g/mol. The molecule has 2 saturated heterocycles. The van der Waals surface area contributed by atoms with E-state index in [9.17, 15) is 15.3 Å². The summed E-state index contributed by atoms with van der Waals surface area (Å²) in [6.07, 6.45) is -0.810. The summed E-state index contributed by atoms with van der Waals surface area (Å²) in [5, 5.41) is 34.3. The van der Waals surface area contributed by atoms with Crippen molar-refractivity contribution in [3.05, 3.63) is 22.8 Å². The smallest absolute Gasteiger partial charge is 0.187 e. The van der Waals surface area contributed by atoms with Crippen LogP contribution >= 0.6 is 0 Å². The Balaban J connectivity index is 1.54. The Hall–Kier alpha value is -0.880. The molecule has 2 aliphatic heterocycles. The minimum atomic E-state index is -1.35. The molecule has 1 saturated carbocycles. The predicted octanol–water partition coefficient (Wildman–Crippen LogP) is 3.10. The van der Waals surface area contributed by atoms with Crippen LogP contribution in [0.2, 0.25) is 0 Å². The molecule has 0 bridgehead atoms.